The van der Waals surface area contributed by atoms with E-state index >= 15 is 0 Å². The monoisotopic (exact) mass is 343 g/mol. The Balaban J connectivity index is 2.28. The van der Waals surface area contributed by atoms with Crippen LogP contribution in [0, 0.1) is 0 Å². The number of pyridine rings is 1. The summed E-state index contributed by atoms with van der Waals surface area (Å²) in [5, 5.41) is 0.479. The number of nitrogens with zero attached hydrogens (tertiary/aromatic N) is 1. The van der Waals surface area contributed by atoms with Gasteiger partial charge < -0.3 is 0 Å². The molecule has 2 atom stereocenters. The molecule has 0 amide bonds. The molecule has 1 heterocycles. The first-order valence-corrected chi connectivity index (χ1v) is 7.20. The van der Waals surface area contributed by atoms with Crippen LogP contribution in [0.3, 0.4) is 0 Å². The predicted molar refractivity (Wildman–Crippen MR) is 80.4 cm³/mol. The van der Waals surface area contributed by atoms with Gasteiger partial charge in [0.2, 0.25) is 0 Å². The van der Waals surface area contributed by atoms with Crippen molar-refractivity contribution in [2.24, 2.45) is 0 Å². The first-order chi connectivity index (χ1) is 8.59. The van der Waals surface area contributed by atoms with Gasteiger partial charge in [-0.2, -0.15) is 0 Å². The number of halogens is 3. The summed E-state index contributed by atoms with van der Waals surface area (Å²) in [4.78, 5) is 4.34. The van der Waals surface area contributed by atoms with Gasteiger partial charge in [-0.15, -0.1) is 11.6 Å². The molecule has 0 fully saturated rings. The van der Waals surface area contributed by atoms with E-state index in [4.69, 9.17) is 23.2 Å². The maximum Gasteiger partial charge on any atom is 0.0680 e. The third kappa shape index (κ3) is 3.05. The zero-order chi connectivity index (χ0) is 13.1. The van der Waals surface area contributed by atoms with Crippen molar-refractivity contribution in [3.05, 3.63) is 63.3 Å². The molecule has 18 heavy (non-hydrogen) atoms. The van der Waals surface area contributed by atoms with E-state index in [0.29, 0.717) is 5.02 Å². The van der Waals surface area contributed by atoms with E-state index in [0.717, 1.165) is 15.7 Å². The number of benzene rings is 1. The van der Waals surface area contributed by atoms with Crippen molar-refractivity contribution >= 4 is 39.1 Å². The molecule has 0 N–H and O–H groups in total. The molecule has 4 heteroatoms. The number of hydrogen-bond donors (Lipinski definition) is 0. The Morgan fingerprint density at radius 3 is 2.61 bits per heavy atom. The highest BCUT2D eigenvalue weighted by molar-refractivity contribution is 9.10. The van der Waals surface area contributed by atoms with Crippen molar-refractivity contribution in [2.45, 2.75) is 18.2 Å². The van der Waals surface area contributed by atoms with Crippen LogP contribution < -0.4 is 0 Å². The molecule has 0 aliphatic carbocycles. The van der Waals surface area contributed by atoms with E-state index in [-0.39, 0.29) is 11.3 Å². The van der Waals surface area contributed by atoms with Gasteiger partial charge in [0.15, 0.2) is 0 Å². The van der Waals surface area contributed by atoms with E-state index in [2.05, 4.69) is 27.8 Å². The fraction of sp³-hybridized carbons (Fsp3) is 0.214. The molecule has 0 spiro atoms. The Morgan fingerprint density at radius 1 is 1.22 bits per heavy atom. The Kier molecular flexibility index (Phi) is 4.66. The highest BCUT2D eigenvalue weighted by atomic mass is 79.9. The molecule has 0 saturated heterocycles. The SMILES string of the molecule is CC(c1ccccn1)C(Cl)c1ccc(Br)cc1Cl. The second kappa shape index (κ2) is 6.05. The largest absolute Gasteiger partial charge is 0.261 e. The standard InChI is InChI=1S/C14H12BrCl2N/c1-9(13-4-2-3-7-18-13)14(17)11-6-5-10(15)8-12(11)16/h2-9,14H,1H3. The van der Waals surface area contributed by atoms with Gasteiger partial charge in [0, 0.05) is 27.3 Å². The van der Waals surface area contributed by atoms with Crippen LogP contribution in [0.4, 0.5) is 0 Å². The number of hydrogen-bond acceptors (Lipinski definition) is 1. The third-order valence-corrected chi connectivity index (χ3v) is 4.29. The second-order valence-corrected chi connectivity index (χ2v) is 5.90. The summed E-state index contributed by atoms with van der Waals surface area (Å²) in [6, 6.07) is 11.6. The summed E-state index contributed by atoms with van der Waals surface area (Å²) in [5.41, 5.74) is 1.90. The number of rotatable bonds is 3. The molecule has 0 saturated carbocycles. The van der Waals surface area contributed by atoms with Crippen LogP contribution in [0.1, 0.15) is 29.5 Å². The summed E-state index contributed by atoms with van der Waals surface area (Å²) in [6.07, 6.45) is 1.78. The van der Waals surface area contributed by atoms with Crippen molar-refractivity contribution in [2.75, 3.05) is 0 Å². The highest BCUT2D eigenvalue weighted by Gasteiger charge is 2.21. The van der Waals surface area contributed by atoms with Crippen LogP contribution in [-0.2, 0) is 0 Å². The summed E-state index contributed by atoms with van der Waals surface area (Å²) in [5.74, 6) is 0.103. The quantitative estimate of drug-likeness (QED) is 0.662. The Bertz CT molecular complexity index is 531. The third-order valence-electron chi connectivity index (χ3n) is 2.85. The molecule has 2 aromatic rings. The van der Waals surface area contributed by atoms with Crippen LogP contribution in [0.5, 0.6) is 0 Å². The lowest BCUT2D eigenvalue weighted by atomic mass is 9.97. The van der Waals surface area contributed by atoms with Gasteiger partial charge in [-0.1, -0.05) is 46.6 Å². The van der Waals surface area contributed by atoms with E-state index in [9.17, 15) is 0 Å². The molecule has 0 aliphatic rings. The van der Waals surface area contributed by atoms with Crippen molar-refractivity contribution in [1.82, 2.24) is 4.98 Å². The minimum absolute atomic E-state index is 0.103. The van der Waals surface area contributed by atoms with E-state index in [1.54, 1.807) is 6.20 Å². The number of alkyl halides is 1. The van der Waals surface area contributed by atoms with Crippen LogP contribution in [-0.4, -0.2) is 4.98 Å². The Labute approximate surface area is 125 Å². The van der Waals surface area contributed by atoms with Gasteiger partial charge >= 0.3 is 0 Å². The topological polar surface area (TPSA) is 12.9 Å². The summed E-state index contributed by atoms with van der Waals surface area (Å²) in [7, 11) is 0. The van der Waals surface area contributed by atoms with Crippen LogP contribution in [0.15, 0.2) is 47.1 Å². The van der Waals surface area contributed by atoms with Gasteiger partial charge in [-0.3, -0.25) is 4.98 Å². The Morgan fingerprint density at radius 2 is 2.00 bits per heavy atom. The predicted octanol–water partition coefficient (Wildman–Crippen LogP) is 5.58. The molecule has 0 radical (unpaired) electrons. The summed E-state index contributed by atoms with van der Waals surface area (Å²) < 4.78 is 0.950. The lowest BCUT2D eigenvalue weighted by Gasteiger charge is -2.19. The summed E-state index contributed by atoms with van der Waals surface area (Å²) in [6.45, 7) is 2.05. The second-order valence-electron chi connectivity index (χ2n) is 4.11. The minimum Gasteiger partial charge on any atom is -0.261 e. The Hall–Kier alpha value is -0.570. The lowest BCUT2D eigenvalue weighted by molar-refractivity contribution is 0.706. The zero-order valence-electron chi connectivity index (χ0n) is 9.78. The van der Waals surface area contributed by atoms with Gasteiger partial charge in [0.1, 0.15) is 0 Å². The van der Waals surface area contributed by atoms with Gasteiger partial charge in [-0.25, -0.2) is 0 Å². The van der Waals surface area contributed by atoms with E-state index in [1.165, 1.54) is 0 Å². The molecule has 94 valence electrons. The minimum atomic E-state index is -0.194. The highest BCUT2D eigenvalue weighted by Crippen LogP contribution is 2.39. The van der Waals surface area contributed by atoms with E-state index in [1.807, 2.05) is 36.4 Å². The van der Waals surface area contributed by atoms with Crippen LogP contribution >= 0.6 is 39.1 Å². The fourth-order valence-electron chi connectivity index (χ4n) is 1.79. The van der Waals surface area contributed by atoms with Crippen LogP contribution in [0.2, 0.25) is 5.02 Å². The zero-order valence-corrected chi connectivity index (χ0v) is 12.9. The molecule has 1 nitrogen and oxygen atoms in total. The molecule has 2 unspecified atom stereocenters. The van der Waals surface area contributed by atoms with Gasteiger partial charge in [-0.05, 0) is 29.8 Å². The van der Waals surface area contributed by atoms with Crippen molar-refractivity contribution < 1.29 is 0 Å². The van der Waals surface area contributed by atoms with E-state index < -0.39 is 0 Å². The average Bonchev–Trinajstić information content (AvgIpc) is 2.38. The molecule has 0 bridgehead atoms. The molecule has 2 rings (SSSR count). The average molecular weight is 345 g/mol. The van der Waals surface area contributed by atoms with Crippen molar-refractivity contribution in [3.63, 3.8) is 0 Å². The van der Waals surface area contributed by atoms with Crippen molar-refractivity contribution in [3.8, 4) is 0 Å². The summed E-state index contributed by atoms with van der Waals surface area (Å²) >= 11 is 16.1. The molecular weight excluding hydrogens is 333 g/mol. The van der Waals surface area contributed by atoms with Crippen molar-refractivity contribution in [1.29, 1.82) is 0 Å². The van der Waals surface area contributed by atoms with Gasteiger partial charge in [0.25, 0.3) is 0 Å². The molecule has 0 aliphatic heterocycles. The maximum atomic E-state index is 6.51. The first-order valence-electron chi connectivity index (χ1n) is 5.59. The molecule has 1 aromatic heterocycles. The maximum absolute atomic E-state index is 6.51. The first kappa shape index (κ1) is 13.9. The van der Waals surface area contributed by atoms with Gasteiger partial charge in [0.05, 0.1) is 5.38 Å². The normalized spacial score (nSPS) is 14.2. The molecule has 1 aromatic carbocycles. The number of aromatic nitrogens is 1. The fourth-order valence-corrected chi connectivity index (χ4v) is 2.96. The van der Waals surface area contributed by atoms with Crippen LogP contribution in [0.25, 0.3) is 0 Å². The lowest BCUT2D eigenvalue weighted by Crippen LogP contribution is -2.05. The molecular formula is C14H12BrCl2N. The smallest absolute Gasteiger partial charge is 0.0680 e.